The van der Waals surface area contributed by atoms with Crippen molar-refractivity contribution in [2.24, 2.45) is 0 Å². The molecule has 2 N–H and O–H groups in total. The summed E-state index contributed by atoms with van der Waals surface area (Å²) in [7, 11) is 3.33. The molecule has 5 nitrogen and oxygen atoms in total. The van der Waals surface area contributed by atoms with Gasteiger partial charge in [-0.15, -0.1) is 0 Å². The van der Waals surface area contributed by atoms with Gasteiger partial charge in [-0.25, -0.2) is 0 Å². The summed E-state index contributed by atoms with van der Waals surface area (Å²) in [5.74, 6) is 0. The van der Waals surface area contributed by atoms with Crippen molar-refractivity contribution in [3.8, 4) is 0 Å². The maximum atomic E-state index is 10.1. The number of aliphatic hydroxyl groups excluding tert-OH is 1. The highest BCUT2D eigenvalue weighted by Gasteiger charge is 2.17. The zero-order valence-corrected chi connectivity index (χ0v) is 15.6. The van der Waals surface area contributed by atoms with Gasteiger partial charge >= 0.3 is 0 Å². The fourth-order valence-electron chi connectivity index (χ4n) is 3.08. The van der Waals surface area contributed by atoms with Crippen LogP contribution < -0.4 is 4.90 Å². The molecule has 2 rings (SSSR count). The lowest BCUT2D eigenvalue weighted by Crippen LogP contribution is -3.12. The fraction of sp³-hybridized carbons (Fsp3) is 0.500. The van der Waals surface area contributed by atoms with E-state index >= 15 is 0 Å². The van der Waals surface area contributed by atoms with Crippen LogP contribution in [0.2, 0.25) is 0 Å². The first-order valence-corrected chi connectivity index (χ1v) is 8.82. The van der Waals surface area contributed by atoms with Crippen molar-refractivity contribution in [1.29, 1.82) is 0 Å². The van der Waals surface area contributed by atoms with Crippen molar-refractivity contribution in [2.45, 2.75) is 26.1 Å². The molecule has 5 heteroatoms. The van der Waals surface area contributed by atoms with Crippen LogP contribution in [-0.4, -0.2) is 56.3 Å². The van der Waals surface area contributed by atoms with Gasteiger partial charge in [-0.1, -0.05) is 24.3 Å². The van der Waals surface area contributed by atoms with Crippen LogP contribution in [0, 0.1) is 6.92 Å². The predicted octanol–water partition coefficient (Wildman–Crippen LogP) is 0.883. The lowest BCUT2D eigenvalue weighted by Gasteiger charge is -2.23. The minimum absolute atomic E-state index is 0.362. The molecule has 0 spiro atoms. The molecule has 25 heavy (non-hydrogen) atoms. The molecular formula is C20H31N2O3+. The molecule has 0 saturated carbocycles. The molecule has 2 aromatic rings. The Balaban J connectivity index is 2.06. The predicted molar refractivity (Wildman–Crippen MR) is 98.9 cm³/mol. The molecule has 1 aromatic carbocycles. The molecular weight excluding hydrogens is 316 g/mol. The minimum Gasteiger partial charge on any atom is -0.385 e. The average Bonchev–Trinajstić information content (AvgIpc) is 3.02. The largest absolute Gasteiger partial charge is 0.385 e. The van der Waals surface area contributed by atoms with Gasteiger partial charge in [0.25, 0.3) is 0 Å². The number of hydrogen-bond acceptors (Lipinski definition) is 3. The third-order valence-corrected chi connectivity index (χ3v) is 4.50. The van der Waals surface area contributed by atoms with E-state index in [1.807, 2.05) is 0 Å². The number of nitrogens with one attached hydrogen (secondary N) is 1. The van der Waals surface area contributed by atoms with E-state index in [0.717, 1.165) is 19.6 Å². The standard InChI is InChI=1S/C20H30N2O3/c1-17-7-4-5-8-18(17)13-22-10-6-9-19(22)14-21(11-12-24-2)15-20(23)16-25-3/h4-10,20,23H,11-16H2,1-3H3/p+1/t20-/m1/s1. The van der Waals surface area contributed by atoms with E-state index in [0.29, 0.717) is 19.8 Å². The van der Waals surface area contributed by atoms with Crippen LogP contribution in [0.5, 0.6) is 0 Å². The quantitative estimate of drug-likeness (QED) is 0.635. The molecule has 1 heterocycles. The number of quaternary nitrogens is 1. The van der Waals surface area contributed by atoms with Crippen LogP contribution in [0.4, 0.5) is 0 Å². The maximum Gasteiger partial charge on any atom is 0.126 e. The summed E-state index contributed by atoms with van der Waals surface area (Å²) < 4.78 is 12.6. The number of hydrogen-bond donors (Lipinski definition) is 2. The zero-order valence-electron chi connectivity index (χ0n) is 15.6. The van der Waals surface area contributed by atoms with Gasteiger partial charge in [-0.2, -0.15) is 0 Å². The minimum atomic E-state index is -0.461. The Labute approximate surface area is 150 Å². The number of ether oxygens (including phenoxy) is 2. The van der Waals surface area contributed by atoms with Crippen LogP contribution in [0.15, 0.2) is 42.6 Å². The number of rotatable bonds is 11. The Morgan fingerprint density at radius 2 is 1.92 bits per heavy atom. The summed E-state index contributed by atoms with van der Waals surface area (Å²) in [6.07, 6.45) is 1.66. The smallest absolute Gasteiger partial charge is 0.126 e. The van der Waals surface area contributed by atoms with Crippen LogP contribution in [0.1, 0.15) is 16.8 Å². The van der Waals surface area contributed by atoms with E-state index in [1.54, 1.807) is 14.2 Å². The van der Waals surface area contributed by atoms with E-state index in [-0.39, 0.29) is 0 Å². The van der Waals surface area contributed by atoms with Gasteiger partial charge in [0.15, 0.2) is 0 Å². The first-order chi connectivity index (χ1) is 12.1. The van der Waals surface area contributed by atoms with Crippen molar-refractivity contribution in [1.82, 2.24) is 4.57 Å². The first kappa shape index (κ1) is 19.7. The number of aryl methyl sites for hydroxylation is 1. The molecule has 0 bridgehead atoms. The number of aliphatic hydroxyl groups is 1. The van der Waals surface area contributed by atoms with Gasteiger partial charge in [-0.05, 0) is 30.2 Å². The zero-order chi connectivity index (χ0) is 18.1. The third kappa shape index (κ3) is 6.29. The average molecular weight is 347 g/mol. The Morgan fingerprint density at radius 1 is 1.12 bits per heavy atom. The molecule has 0 aliphatic carbocycles. The Bertz CT molecular complexity index is 627. The number of benzene rings is 1. The molecule has 1 unspecified atom stereocenters. The first-order valence-electron chi connectivity index (χ1n) is 8.82. The van der Waals surface area contributed by atoms with Gasteiger partial charge in [0, 0.05) is 27.0 Å². The second-order valence-electron chi connectivity index (χ2n) is 6.54. The second kappa shape index (κ2) is 10.4. The van der Waals surface area contributed by atoms with Crippen LogP contribution >= 0.6 is 0 Å². The fourth-order valence-corrected chi connectivity index (χ4v) is 3.08. The topological polar surface area (TPSA) is 48.1 Å². The molecule has 0 radical (unpaired) electrons. The van der Waals surface area contributed by atoms with Gasteiger partial charge < -0.3 is 24.0 Å². The van der Waals surface area contributed by atoms with E-state index in [4.69, 9.17) is 9.47 Å². The molecule has 1 aromatic heterocycles. The normalized spacial score (nSPS) is 13.8. The van der Waals surface area contributed by atoms with Gasteiger partial charge in [0.1, 0.15) is 25.7 Å². The highest BCUT2D eigenvalue weighted by molar-refractivity contribution is 5.26. The van der Waals surface area contributed by atoms with Crippen molar-refractivity contribution in [3.63, 3.8) is 0 Å². The molecule has 2 atom stereocenters. The van der Waals surface area contributed by atoms with Gasteiger partial charge in [0.2, 0.25) is 0 Å². The van der Waals surface area contributed by atoms with Crippen LogP contribution in [-0.2, 0) is 22.6 Å². The lowest BCUT2D eigenvalue weighted by atomic mass is 10.1. The summed E-state index contributed by atoms with van der Waals surface area (Å²) in [5, 5.41) is 10.1. The summed E-state index contributed by atoms with van der Waals surface area (Å²) >= 11 is 0. The highest BCUT2D eigenvalue weighted by atomic mass is 16.5. The SMILES string of the molecule is COCC[NH+](Cc1cccn1Cc1ccccc1C)C[C@@H](O)COC. The monoisotopic (exact) mass is 347 g/mol. The van der Waals surface area contributed by atoms with E-state index < -0.39 is 6.10 Å². The Kier molecular flexibility index (Phi) is 8.15. The molecule has 138 valence electrons. The van der Waals surface area contributed by atoms with Crippen molar-refractivity contribution >= 4 is 0 Å². The highest BCUT2D eigenvalue weighted by Crippen LogP contribution is 2.11. The van der Waals surface area contributed by atoms with Gasteiger partial charge in [-0.3, -0.25) is 0 Å². The van der Waals surface area contributed by atoms with Crippen molar-refractivity contribution in [3.05, 3.63) is 59.4 Å². The lowest BCUT2D eigenvalue weighted by molar-refractivity contribution is -0.917. The second-order valence-corrected chi connectivity index (χ2v) is 6.54. The molecule has 0 saturated heterocycles. The Hall–Kier alpha value is -1.66. The van der Waals surface area contributed by atoms with E-state index in [1.165, 1.54) is 21.7 Å². The Morgan fingerprint density at radius 3 is 2.64 bits per heavy atom. The maximum absolute atomic E-state index is 10.1. The van der Waals surface area contributed by atoms with Crippen molar-refractivity contribution in [2.75, 3.05) is 40.5 Å². The summed E-state index contributed by atoms with van der Waals surface area (Å²) in [6, 6.07) is 12.7. The van der Waals surface area contributed by atoms with Gasteiger partial charge in [0.05, 0.1) is 18.9 Å². The molecule has 0 amide bonds. The third-order valence-electron chi connectivity index (χ3n) is 4.50. The number of methoxy groups -OCH3 is 2. The van der Waals surface area contributed by atoms with E-state index in [9.17, 15) is 5.11 Å². The summed E-state index contributed by atoms with van der Waals surface area (Å²) in [4.78, 5) is 1.29. The number of aromatic nitrogens is 1. The summed E-state index contributed by atoms with van der Waals surface area (Å²) in [6.45, 7) is 6.40. The van der Waals surface area contributed by atoms with E-state index in [2.05, 4.69) is 54.1 Å². The van der Waals surface area contributed by atoms with Crippen LogP contribution in [0.3, 0.4) is 0 Å². The van der Waals surface area contributed by atoms with Crippen molar-refractivity contribution < 1.29 is 19.5 Å². The molecule has 0 aliphatic rings. The molecule has 0 aliphatic heterocycles. The molecule has 0 fully saturated rings. The van der Waals surface area contributed by atoms with Crippen LogP contribution in [0.25, 0.3) is 0 Å². The number of nitrogens with zero attached hydrogens (tertiary/aromatic N) is 1. The summed E-state index contributed by atoms with van der Waals surface area (Å²) in [5.41, 5.74) is 3.90.